The molecule has 2 heterocycles. The molecule has 1 fully saturated rings. The van der Waals surface area contributed by atoms with Crippen molar-refractivity contribution in [3.8, 4) is 0 Å². The quantitative estimate of drug-likeness (QED) is 0.865. The van der Waals surface area contributed by atoms with Gasteiger partial charge in [-0.2, -0.15) is 4.98 Å². The van der Waals surface area contributed by atoms with Crippen LogP contribution in [0.4, 0.5) is 0 Å². The minimum Gasteiger partial charge on any atom is -0.339 e. The predicted octanol–water partition coefficient (Wildman–Crippen LogP) is 1.65. The van der Waals surface area contributed by atoms with Crippen molar-refractivity contribution in [2.45, 2.75) is 24.8 Å². The lowest BCUT2D eigenvalue weighted by molar-refractivity contribution is 0.370. The summed E-state index contributed by atoms with van der Waals surface area (Å²) in [6.07, 6.45) is 5.90. The first-order valence-corrected chi connectivity index (χ1v) is 5.79. The number of rotatable bonds is 4. The van der Waals surface area contributed by atoms with Crippen LogP contribution in [0, 0.1) is 0 Å². The second-order valence-corrected chi connectivity index (χ2v) is 4.27. The molecule has 1 N–H and O–H groups in total. The largest absolute Gasteiger partial charge is 0.339 e. The molecular formula is C12H14N4O. The molecule has 5 nitrogen and oxygen atoms in total. The third-order valence-electron chi connectivity index (χ3n) is 2.95. The lowest BCUT2D eigenvalue weighted by atomic mass is 10.1. The Labute approximate surface area is 99.3 Å². The molecule has 17 heavy (non-hydrogen) atoms. The Morgan fingerprint density at radius 2 is 2.35 bits per heavy atom. The van der Waals surface area contributed by atoms with E-state index in [0.717, 1.165) is 11.5 Å². The maximum Gasteiger partial charge on any atom is 0.229 e. The van der Waals surface area contributed by atoms with Crippen LogP contribution in [-0.4, -0.2) is 22.2 Å². The van der Waals surface area contributed by atoms with E-state index in [0.29, 0.717) is 11.7 Å². The molecule has 0 amide bonds. The Bertz CT molecular complexity index is 492. The number of nitrogens with one attached hydrogen (secondary N) is 1. The van der Waals surface area contributed by atoms with Gasteiger partial charge in [0, 0.05) is 18.3 Å². The maximum absolute atomic E-state index is 5.27. The molecule has 1 saturated carbocycles. The third-order valence-corrected chi connectivity index (χ3v) is 2.95. The number of pyridine rings is 1. The number of aromatic nitrogens is 3. The van der Waals surface area contributed by atoms with Crippen LogP contribution >= 0.6 is 0 Å². The fourth-order valence-electron chi connectivity index (χ4n) is 1.85. The van der Waals surface area contributed by atoms with Crippen molar-refractivity contribution in [1.82, 2.24) is 20.4 Å². The van der Waals surface area contributed by atoms with Crippen LogP contribution in [0.2, 0.25) is 0 Å². The van der Waals surface area contributed by atoms with Gasteiger partial charge in [0.1, 0.15) is 0 Å². The number of nitrogens with zero attached hydrogens (tertiary/aromatic N) is 3. The standard InChI is InChI=1S/C12H14N4O/c1-13-10(9-3-2-6-14-7-9)11-15-12(17-16-11)8-4-5-8/h2-3,6-8,10,13H,4-5H2,1H3/t10-/m1/s1. The second-order valence-electron chi connectivity index (χ2n) is 4.27. The highest BCUT2D eigenvalue weighted by Crippen LogP contribution is 2.39. The van der Waals surface area contributed by atoms with Crippen molar-refractivity contribution >= 4 is 0 Å². The molecular weight excluding hydrogens is 216 g/mol. The Morgan fingerprint density at radius 1 is 1.47 bits per heavy atom. The molecule has 0 unspecified atom stereocenters. The summed E-state index contributed by atoms with van der Waals surface area (Å²) in [6.45, 7) is 0. The second kappa shape index (κ2) is 4.25. The highest BCUT2D eigenvalue weighted by Gasteiger charge is 2.30. The molecule has 1 aliphatic carbocycles. The van der Waals surface area contributed by atoms with Crippen LogP contribution in [0.15, 0.2) is 29.0 Å². The van der Waals surface area contributed by atoms with E-state index < -0.39 is 0 Å². The first-order valence-electron chi connectivity index (χ1n) is 5.79. The van der Waals surface area contributed by atoms with Crippen LogP contribution in [0.1, 0.15) is 42.1 Å². The van der Waals surface area contributed by atoms with Gasteiger partial charge >= 0.3 is 0 Å². The molecule has 0 aromatic carbocycles. The fourth-order valence-corrected chi connectivity index (χ4v) is 1.85. The fraction of sp³-hybridized carbons (Fsp3) is 0.417. The molecule has 0 aliphatic heterocycles. The van der Waals surface area contributed by atoms with E-state index in [-0.39, 0.29) is 6.04 Å². The van der Waals surface area contributed by atoms with Gasteiger partial charge in [-0.1, -0.05) is 11.2 Å². The van der Waals surface area contributed by atoms with Gasteiger partial charge in [0.25, 0.3) is 0 Å². The van der Waals surface area contributed by atoms with Crippen molar-refractivity contribution < 1.29 is 4.52 Å². The zero-order chi connectivity index (χ0) is 11.7. The first-order chi connectivity index (χ1) is 8.38. The Kier molecular flexibility index (Phi) is 2.60. The topological polar surface area (TPSA) is 63.8 Å². The molecule has 0 spiro atoms. The van der Waals surface area contributed by atoms with Gasteiger partial charge in [-0.3, -0.25) is 4.98 Å². The van der Waals surface area contributed by atoms with Gasteiger partial charge < -0.3 is 9.84 Å². The van der Waals surface area contributed by atoms with Gasteiger partial charge in [0.05, 0.1) is 6.04 Å². The van der Waals surface area contributed by atoms with Crippen LogP contribution < -0.4 is 5.32 Å². The van der Waals surface area contributed by atoms with Crippen LogP contribution in [0.25, 0.3) is 0 Å². The third kappa shape index (κ3) is 2.06. The predicted molar refractivity (Wildman–Crippen MR) is 61.4 cm³/mol. The molecule has 88 valence electrons. The lowest BCUT2D eigenvalue weighted by Crippen LogP contribution is -2.19. The van der Waals surface area contributed by atoms with Gasteiger partial charge in [-0.25, -0.2) is 0 Å². The summed E-state index contributed by atoms with van der Waals surface area (Å²) in [7, 11) is 1.88. The SMILES string of the molecule is CN[C@H](c1cccnc1)c1noc(C2CC2)n1. The van der Waals surface area contributed by atoms with Crippen molar-refractivity contribution in [2.75, 3.05) is 7.05 Å². The van der Waals surface area contributed by atoms with Crippen molar-refractivity contribution in [2.24, 2.45) is 0 Å². The van der Waals surface area contributed by atoms with E-state index in [1.54, 1.807) is 6.20 Å². The van der Waals surface area contributed by atoms with Gasteiger partial charge in [0.2, 0.25) is 5.89 Å². The van der Waals surface area contributed by atoms with Crippen LogP contribution in [-0.2, 0) is 0 Å². The molecule has 0 bridgehead atoms. The molecule has 2 aromatic heterocycles. The monoisotopic (exact) mass is 230 g/mol. The molecule has 2 aromatic rings. The molecule has 5 heteroatoms. The number of hydrogen-bond acceptors (Lipinski definition) is 5. The van der Waals surface area contributed by atoms with Gasteiger partial charge in [0.15, 0.2) is 5.82 Å². The van der Waals surface area contributed by atoms with Crippen LogP contribution in [0.3, 0.4) is 0 Å². The first kappa shape index (κ1) is 10.4. The summed E-state index contributed by atoms with van der Waals surface area (Å²) >= 11 is 0. The minimum atomic E-state index is -0.0556. The van der Waals surface area contributed by atoms with Crippen molar-refractivity contribution in [1.29, 1.82) is 0 Å². The Morgan fingerprint density at radius 3 is 3.00 bits per heavy atom. The van der Waals surface area contributed by atoms with E-state index >= 15 is 0 Å². The summed E-state index contributed by atoms with van der Waals surface area (Å²) in [6, 6.07) is 3.85. The van der Waals surface area contributed by atoms with E-state index in [1.165, 1.54) is 12.8 Å². The van der Waals surface area contributed by atoms with Crippen molar-refractivity contribution in [3.63, 3.8) is 0 Å². The summed E-state index contributed by atoms with van der Waals surface area (Å²) in [5, 5.41) is 7.23. The average Bonchev–Trinajstić information content (AvgIpc) is 3.12. The van der Waals surface area contributed by atoms with E-state index in [4.69, 9.17) is 4.52 Å². The Hall–Kier alpha value is -1.75. The van der Waals surface area contributed by atoms with Gasteiger partial charge in [-0.05, 0) is 31.5 Å². The molecule has 1 atom stereocenters. The molecule has 3 rings (SSSR count). The van der Waals surface area contributed by atoms with Crippen LogP contribution in [0.5, 0.6) is 0 Å². The zero-order valence-corrected chi connectivity index (χ0v) is 9.63. The van der Waals surface area contributed by atoms with E-state index in [9.17, 15) is 0 Å². The molecule has 1 aliphatic rings. The Balaban J connectivity index is 1.88. The average molecular weight is 230 g/mol. The molecule has 0 saturated heterocycles. The normalized spacial score (nSPS) is 17.0. The summed E-state index contributed by atoms with van der Waals surface area (Å²) in [5.41, 5.74) is 1.04. The minimum absolute atomic E-state index is 0.0556. The molecule has 0 radical (unpaired) electrons. The number of hydrogen-bond donors (Lipinski definition) is 1. The van der Waals surface area contributed by atoms with Crippen molar-refractivity contribution in [3.05, 3.63) is 41.8 Å². The van der Waals surface area contributed by atoms with E-state index in [2.05, 4.69) is 20.4 Å². The highest BCUT2D eigenvalue weighted by molar-refractivity contribution is 5.21. The van der Waals surface area contributed by atoms with Gasteiger partial charge in [-0.15, -0.1) is 0 Å². The van der Waals surface area contributed by atoms with E-state index in [1.807, 2.05) is 25.4 Å². The summed E-state index contributed by atoms with van der Waals surface area (Å²) < 4.78 is 5.27. The zero-order valence-electron chi connectivity index (χ0n) is 9.63. The lowest BCUT2D eigenvalue weighted by Gasteiger charge is -2.11. The highest BCUT2D eigenvalue weighted by atomic mass is 16.5. The summed E-state index contributed by atoms with van der Waals surface area (Å²) in [4.78, 5) is 8.56. The summed E-state index contributed by atoms with van der Waals surface area (Å²) in [5.74, 6) is 1.94. The maximum atomic E-state index is 5.27. The smallest absolute Gasteiger partial charge is 0.229 e.